The smallest absolute Gasteiger partial charge is 0.234 e. The maximum atomic E-state index is 12.2. The number of hydrogen-bond donors (Lipinski definition) is 1. The van der Waals surface area contributed by atoms with Crippen LogP contribution in [0.5, 0.6) is 0 Å². The van der Waals surface area contributed by atoms with E-state index in [-0.39, 0.29) is 5.91 Å². The molecule has 2 aromatic rings. The Kier molecular flexibility index (Phi) is 4.25. The molecule has 0 saturated heterocycles. The Morgan fingerprint density at radius 2 is 2.09 bits per heavy atom. The van der Waals surface area contributed by atoms with Gasteiger partial charge in [0.15, 0.2) is 0 Å². The van der Waals surface area contributed by atoms with Crippen molar-refractivity contribution in [1.29, 1.82) is 0 Å². The van der Waals surface area contributed by atoms with Gasteiger partial charge in [0.25, 0.3) is 0 Å². The van der Waals surface area contributed by atoms with E-state index < -0.39 is 0 Å². The van der Waals surface area contributed by atoms with E-state index in [2.05, 4.69) is 28.6 Å². The SMILES string of the molecule is Cc1nn(C)c(C)c1NC(=O)CSc1ccc2c(c1)CCC2. The van der Waals surface area contributed by atoms with Gasteiger partial charge in [-0.05, 0) is 56.4 Å². The first-order chi connectivity index (χ1) is 10.5. The summed E-state index contributed by atoms with van der Waals surface area (Å²) in [7, 11) is 1.89. The fourth-order valence-electron chi connectivity index (χ4n) is 2.92. The standard InChI is InChI=1S/C17H21N3OS/c1-11-17(12(2)20(3)19-11)18-16(21)10-22-15-8-7-13-5-4-6-14(13)9-15/h7-9H,4-6,10H2,1-3H3,(H,18,21). The van der Waals surface area contributed by atoms with E-state index in [1.807, 2.05) is 20.9 Å². The maximum absolute atomic E-state index is 12.2. The van der Waals surface area contributed by atoms with E-state index in [4.69, 9.17) is 0 Å². The molecule has 0 atom stereocenters. The molecule has 1 aromatic carbocycles. The molecule has 0 unspecified atom stereocenters. The van der Waals surface area contributed by atoms with Gasteiger partial charge in [-0.3, -0.25) is 9.48 Å². The van der Waals surface area contributed by atoms with Crippen LogP contribution in [0.2, 0.25) is 0 Å². The van der Waals surface area contributed by atoms with Crippen LogP contribution in [0.15, 0.2) is 23.1 Å². The summed E-state index contributed by atoms with van der Waals surface area (Å²) in [6, 6.07) is 6.57. The lowest BCUT2D eigenvalue weighted by Gasteiger charge is -2.07. The Morgan fingerprint density at radius 1 is 1.32 bits per heavy atom. The van der Waals surface area contributed by atoms with Gasteiger partial charge in [0.2, 0.25) is 5.91 Å². The van der Waals surface area contributed by atoms with Crippen LogP contribution in [-0.2, 0) is 24.7 Å². The van der Waals surface area contributed by atoms with Crippen molar-refractivity contribution in [1.82, 2.24) is 9.78 Å². The molecular weight excluding hydrogens is 294 g/mol. The maximum Gasteiger partial charge on any atom is 0.234 e. The molecule has 0 radical (unpaired) electrons. The molecule has 4 nitrogen and oxygen atoms in total. The second kappa shape index (κ2) is 6.16. The van der Waals surface area contributed by atoms with Crippen LogP contribution in [0.1, 0.15) is 28.9 Å². The summed E-state index contributed by atoms with van der Waals surface area (Å²) >= 11 is 1.59. The van der Waals surface area contributed by atoms with Gasteiger partial charge in [-0.1, -0.05) is 6.07 Å². The first-order valence-corrected chi connectivity index (χ1v) is 8.58. The molecule has 0 bridgehead atoms. The Morgan fingerprint density at radius 3 is 2.82 bits per heavy atom. The van der Waals surface area contributed by atoms with Crippen molar-refractivity contribution in [2.24, 2.45) is 7.05 Å². The zero-order valence-electron chi connectivity index (χ0n) is 13.3. The zero-order chi connectivity index (χ0) is 15.7. The second-order valence-corrected chi connectivity index (χ2v) is 6.84. The predicted octanol–water partition coefficient (Wildman–Crippen LogP) is 3.26. The van der Waals surface area contributed by atoms with Crippen LogP contribution in [-0.4, -0.2) is 21.4 Å². The summed E-state index contributed by atoms with van der Waals surface area (Å²) in [5.74, 6) is 0.441. The van der Waals surface area contributed by atoms with Crippen LogP contribution in [0.25, 0.3) is 0 Å². The van der Waals surface area contributed by atoms with Crippen molar-refractivity contribution in [2.75, 3.05) is 11.1 Å². The lowest BCUT2D eigenvalue weighted by Crippen LogP contribution is -2.15. The molecule has 0 fully saturated rings. The van der Waals surface area contributed by atoms with Gasteiger partial charge in [0, 0.05) is 11.9 Å². The molecule has 5 heteroatoms. The number of aryl methyl sites for hydroxylation is 4. The van der Waals surface area contributed by atoms with Gasteiger partial charge < -0.3 is 5.32 Å². The predicted molar refractivity (Wildman–Crippen MR) is 90.5 cm³/mol. The summed E-state index contributed by atoms with van der Waals surface area (Å²) in [5, 5.41) is 7.30. The van der Waals surface area contributed by atoms with Crippen molar-refractivity contribution >= 4 is 23.4 Å². The van der Waals surface area contributed by atoms with E-state index in [0.29, 0.717) is 5.75 Å². The fourth-order valence-corrected chi connectivity index (χ4v) is 3.68. The Labute approximate surface area is 135 Å². The van der Waals surface area contributed by atoms with Crippen LogP contribution < -0.4 is 5.32 Å². The minimum atomic E-state index is 0.0182. The highest BCUT2D eigenvalue weighted by molar-refractivity contribution is 8.00. The van der Waals surface area contributed by atoms with Gasteiger partial charge in [0.1, 0.15) is 0 Å². The molecule has 1 amide bonds. The van der Waals surface area contributed by atoms with E-state index in [9.17, 15) is 4.79 Å². The number of aromatic nitrogens is 2. The number of fused-ring (bicyclic) bond motifs is 1. The summed E-state index contributed by atoms with van der Waals surface area (Å²) < 4.78 is 1.79. The van der Waals surface area contributed by atoms with Gasteiger partial charge in [0.05, 0.1) is 22.8 Å². The van der Waals surface area contributed by atoms with E-state index in [0.717, 1.165) is 17.1 Å². The highest BCUT2D eigenvalue weighted by Crippen LogP contribution is 2.28. The number of rotatable bonds is 4. The quantitative estimate of drug-likeness (QED) is 0.881. The van der Waals surface area contributed by atoms with Gasteiger partial charge >= 0.3 is 0 Å². The third-order valence-electron chi connectivity index (χ3n) is 4.21. The van der Waals surface area contributed by atoms with Crippen molar-refractivity contribution in [3.63, 3.8) is 0 Å². The number of thioether (sulfide) groups is 1. The minimum Gasteiger partial charge on any atom is -0.322 e. The molecule has 116 valence electrons. The van der Waals surface area contributed by atoms with Crippen molar-refractivity contribution in [3.8, 4) is 0 Å². The highest BCUT2D eigenvalue weighted by atomic mass is 32.2. The van der Waals surface area contributed by atoms with E-state index >= 15 is 0 Å². The molecule has 1 aliphatic rings. The van der Waals surface area contributed by atoms with Gasteiger partial charge in [-0.2, -0.15) is 5.10 Å². The van der Waals surface area contributed by atoms with Gasteiger partial charge in [-0.15, -0.1) is 11.8 Å². The zero-order valence-corrected chi connectivity index (χ0v) is 14.1. The minimum absolute atomic E-state index is 0.0182. The molecule has 1 aromatic heterocycles. The average molecular weight is 315 g/mol. The van der Waals surface area contributed by atoms with Crippen molar-refractivity contribution in [2.45, 2.75) is 38.0 Å². The molecule has 3 rings (SSSR count). The van der Waals surface area contributed by atoms with Crippen molar-refractivity contribution < 1.29 is 4.79 Å². The molecule has 0 aliphatic heterocycles. The van der Waals surface area contributed by atoms with Crippen LogP contribution in [0.4, 0.5) is 5.69 Å². The molecule has 0 spiro atoms. The fraction of sp³-hybridized carbons (Fsp3) is 0.412. The number of amides is 1. The number of carbonyl (C=O) groups excluding carboxylic acids is 1. The van der Waals surface area contributed by atoms with Crippen molar-refractivity contribution in [3.05, 3.63) is 40.7 Å². The number of nitrogens with zero attached hydrogens (tertiary/aromatic N) is 2. The Bertz CT molecular complexity index is 721. The first-order valence-electron chi connectivity index (χ1n) is 7.59. The van der Waals surface area contributed by atoms with Gasteiger partial charge in [-0.25, -0.2) is 0 Å². The monoisotopic (exact) mass is 315 g/mol. The number of anilines is 1. The molecule has 1 N–H and O–H groups in total. The normalized spacial score (nSPS) is 13.2. The van der Waals surface area contributed by atoms with E-state index in [1.165, 1.54) is 35.3 Å². The second-order valence-electron chi connectivity index (χ2n) is 5.79. The summed E-state index contributed by atoms with van der Waals surface area (Å²) in [6.45, 7) is 3.87. The summed E-state index contributed by atoms with van der Waals surface area (Å²) in [4.78, 5) is 13.3. The third-order valence-corrected chi connectivity index (χ3v) is 5.21. The Hall–Kier alpha value is -1.75. The van der Waals surface area contributed by atoms with Crippen LogP contribution >= 0.6 is 11.8 Å². The molecule has 1 aliphatic carbocycles. The summed E-state index contributed by atoms with van der Waals surface area (Å²) in [5.41, 5.74) is 5.59. The number of nitrogens with one attached hydrogen (secondary N) is 1. The lowest BCUT2D eigenvalue weighted by atomic mass is 10.1. The molecular formula is C17H21N3OS. The highest BCUT2D eigenvalue weighted by Gasteiger charge is 2.14. The average Bonchev–Trinajstić information content (AvgIpc) is 3.05. The van der Waals surface area contributed by atoms with Crippen LogP contribution in [0.3, 0.4) is 0 Å². The number of carbonyl (C=O) groups is 1. The third kappa shape index (κ3) is 3.04. The number of hydrogen-bond acceptors (Lipinski definition) is 3. The first kappa shape index (κ1) is 15.2. The lowest BCUT2D eigenvalue weighted by molar-refractivity contribution is -0.113. The molecule has 0 saturated carbocycles. The largest absolute Gasteiger partial charge is 0.322 e. The molecule has 22 heavy (non-hydrogen) atoms. The topological polar surface area (TPSA) is 46.9 Å². The summed E-state index contributed by atoms with van der Waals surface area (Å²) in [6.07, 6.45) is 3.62. The Balaban J connectivity index is 1.60. The number of benzene rings is 1. The molecule has 1 heterocycles. The van der Waals surface area contributed by atoms with E-state index in [1.54, 1.807) is 16.4 Å². The van der Waals surface area contributed by atoms with Crippen LogP contribution in [0, 0.1) is 13.8 Å².